The van der Waals surface area contributed by atoms with E-state index in [2.05, 4.69) is 65.2 Å². The van der Waals surface area contributed by atoms with Crippen molar-refractivity contribution in [3.63, 3.8) is 0 Å². The van der Waals surface area contributed by atoms with Gasteiger partial charge in [0.05, 0.1) is 6.04 Å². The Morgan fingerprint density at radius 3 is 2.62 bits per heavy atom. The molecule has 0 radical (unpaired) electrons. The second-order valence-corrected chi connectivity index (χ2v) is 5.20. The Bertz CT molecular complexity index is 699. The van der Waals surface area contributed by atoms with Crippen molar-refractivity contribution in [3.05, 3.63) is 66.1 Å². The van der Waals surface area contributed by atoms with Gasteiger partial charge in [0.25, 0.3) is 0 Å². The highest BCUT2D eigenvalue weighted by atomic mass is 15.1. The van der Waals surface area contributed by atoms with Crippen molar-refractivity contribution in [1.29, 1.82) is 0 Å². The van der Waals surface area contributed by atoms with Crippen LogP contribution >= 0.6 is 0 Å². The normalized spacial score (nSPS) is 12.9. The molecule has 3 rings (SSSR count). The van der Waals surface area contributed by atoms with Gasteiger partial charge in [-0.15, -0.1) is 0 Å². The van der Waals surface area contributed by atoms with Gasteiger partial charge in [-0.3, -0.25) is 9.88 Å². The molecule has 1 N–H and O–H groups in total. The number of hydrogen-bond donors (Lipinski definition) is 1. The number of pyridine rings is 1. The molecule has 0 saturated carbocycles. The molecular formula is C18H21N3. The Labute approximate surface area is 125 Å². The topological polar surface area (TPSA) is 31.9 Å². The number of fused-ring (bicyclic) bond motifs is 1. The molecule has 1 unspecified atom stereocenters. The molecule has 21 heavy (non-hydrogen) atoms. The molecule has 0 aliphatic carbocycles. The van der Waals surface area contributed by atoms with E-state index in [0.29, 0.717) is 0 Å². The molecule has 3 heteroatoms. The lowest BCUT2D eigenvalue weighted by Crippen LogP contribution is -2.29. The van der Waals surface area contributed by atoms with E-state index in [0.717, 1.165) is 13.1 Å². The molecule has 0 amide bonds. The molecule has 0 aliphatic heterocycles. The Morgan fingerprint density at radius 2 is 1.90 bits per heavy atom. The minimum Gasteiger partial charge on any atom is -0.361 e. The van der Waals surface area contributed by atoms with E-state index in [1.54, 1.807) is 0 Å². The van der Waals surface area contributed by atoms with Crippen molar-refractivity contribution < 1.29 is 0 Å². The summed E-state index contributed by atoms with van der Waals surface area (Å²) in [6, 6.07) is 12.9. The fraction of sp³-hybridized carbons (Fsp3) is 0.278. The standard InChI is InChI=1S/C18H21N3/c1-3-21(4-2)18(14-8-7-11-19-12-14)16-13-20-17-10-6-5-9-15(16)17/h5-13,18,20H,3-4H2,1-2H3. The van der Waals surface area contributed by atoms with Gasteiger partial charge in [-0.05, 0) is 36.3 Å². The van der Waals surface area contributed by atoms with Crippen LogP contribution < -0.4 is 0 Å². The Balaban J connectivity index is 2.15. The van der Waals surface area contributed by atoms with Crippen LogP contribution in [-0.4, -0.2) is 28.0 Å². The molecule has 0 spiro atoms. The first-order chi connectivity index (χ1) is 10.3. The van der Waals surface area contributed by atoms with Crippen LogP contribution in [0.1, 0.15) is 31.0 Å². The number of nitrogens with one attached hydrogen (secondary N) is 1. The van der Waals surface area contributed by atoms with Gasteiger partial charge in [0, 0.05) is 29.5 Å². The van der Waals surface area contributed by atoms with Crippen molar-refractivity contribution in [2.45, 2.75) is 19.9 Å². The Hall–Kier alpha value is -2.13. The van der Waals surface area contributed by atoms with Crippen LogP contribution in [0.15, 0.2) is 55.0 Å². The van der Waals surface area contributed by atoms with Crippen LogP contribution in [0.4, 0.5) is 0 Å². The maximum Gasteiger partial charge on any atom is 0.0637 e. The van der Waals surface area contributed by atoms with E-state index >= 15 is 0 Å². The summed E-state index contributed by atoms with van der Waals surface area (Å²) >= 11 is 0. The number of aromatic amines is 1. The van der Waals surface area contributed by atoms with Crippen molar-refractivity contribution in [2.75, 3.05) is 13.1 Å². The van der Waals surface area contributed by atoms with E-state index in [1.165, 1.54) is 22.0 Å². The number of nitrogens with zero attached hydrogens (tertiary/aromatic N) is 2. The van der Waals surface area contributed by atoms with Crippen LogP contribution in [-0.2, 0) is 0 Å². The van der Waals surface area contributed by atoms with Crippen molar-refractivity contribution in [3.8, 4) is 0 Å². The minimum absolute atomic E-state index is 0.241. The molecule has 3 aromatic rings. The zero-order valence-corrected chi connectivity index (χ0v) is 12.6. The zero-order valence-electron chi connectivity index (χ0n) is 12.6. The van der Waals surface area contributed by atoms with Gasteiger partial charge in [-0.1, -0.05) is 38.1 Å². The predicted octanol–water partition coefficient (Wildman–Crippen LogP) is 3.99. The van der Waals surface area contributed by atoms with Crippen LogP contribution in [0.25, 0.3) is 10.9 Å². The largest absolute Gasteiger partial charge is 0.361 e. The van der Waals surface area contributed by atoms with Gasteiger partial charge in [0.15, 0.2) is 0 Å². The summed E-state index contributed by atoms with van der Waals surface area (Å²) in [6.07, 6.45) is 5.95. The maximum atomic E-state index is 4.31. The first-order valence-electron chi connectivity index (χ1n) is 7.55. The average molecular weight is 279 g/mol. The number of H-pyrrole nitrogens is 1. The number of hydrogen-bond acceptors (Lipinski definition) is 2. The molecule has 0 aliphatic rings. The predicted molar refractivity (Wildman–Crippen MR) is 87.3 cm³/mol. The lowest BCUT2D eigenvalue weighted by Gasteiger charge is -2.29. The highest BCUT2D eigenvalue weighted by Gasteiger charge is 2.22. The summed E-state index contributed by atoms with van der Waals surface area (Å²) in [6.45, 7) is 6.44. The van der Waals surface area contributed by atoms with E-state index < -0.39 is 0 Å². The highest BCUT2D eigenvalue weighted by Crippen LogP contribution is 2.33. The molecule has 0 fully saturated rings. The lowest BCUT2D eigenvalue weighted by molar-refractivity contribution is 0.251. The first-order valence-corrected chi connectivity index (χ1v) is 7.55. The molecular weight excluding hydrogens is 258 g/mol. The fourth-order valence-corrected chi connectivity index (χ4v) is 3.03. The van der Waals surface area contributed by atoms with Gasteiger partial charge in [0.1, 0.15) is 0 Å². The summed E-state index contributed by atoms with van der Waals surface area (Å²) in [4.78, 5) is 10.2. The van der Waals surface area contributed by atoms with Crippen molar-refractivity contribution in [1.82, 2.24) is 14.9 Å². The molecule has 2 heterocycles. The van der Waals surface area contributed by atoms with Gasteiger partial charge in [-0.25, -0.2) is 0 Å². The molecule has 1 atom stereocenters. The Morgan fingerprint density at radius 1 is 1.10 bits per heavy atom. The first kappa shape index (κ1) is 13.8. The van der Waals surface area contributed by atoms with Gasteiger partial charge in [0.2, 0.25) is 0 Å². The number of benzene rings is 1. The summed E-state index contributed by atoms with van der Waals surface area (Å²) in [7, 11) is 0. The van der Waals surface area contributed by atoms with Crippen LogP contribution in [0.2, 0.25) is 0 Å². The van der Waals surface area contributed by atoms with Crippen LogP contribution in [0, 0.1) is 0 Å². The monoisotopic (exact) mass is 279 g/mol. The molecule has 0 saturated heterocycles. The zero-order chi connectivity index (χ0) is 14.7. The molecule has 0 bridgehead atoms. The number of aromatic nitrogens is 2. The smallest absolute Gasteiger partial charge is 0.0637 e. The maximum absolute atomic E-state index is 4.31. The second kappa shape index (κ2) is 6.10. The van der Waals surface area contributed by atoms with Gasteiger partial charge < -0.3 is 4.98 Å². The van der Waals surface area contributed by atoms with Crippen LogP contribution in [0.3, 0.4) is 0 Å². The van der Waals surface area contributed by atoms with Gasteiger partial charge >= 0.3 is 0 Å². The van der Waals surface area contributed by atoms with E-state index in [-0.39, 0.29) is 6.04 Å². The third kappa shape index (κ3) is 2.57. The van der Waals surface area contributed by atoms with E-state index in [1.807, 2.05) is 18.5 Å². The van der Waals surface area contributed by atoms with Crippen LogP contribution in [0.5, 0.6) is 0 Å². The SMILES string of the molecule is CCN(CC)C(c1cccnc1)c1c[nH]c2ccccc12. The molecule has 108 valence electrons. The fourth-order valence-electron chi connectivity index (χ4n) is 3.03. The average Bonchev–Trinajstić information content (AvgIpc) is 2.97. The summed E-state index contributed by atoms with van der Waals surface area (Å²) in [5.41, 5.74) is 3.75. The van der Waals surface area contributed by atoms with Gasteiger partial charge in [-0.2, -0.15) is 0 Å². The second-order valence-electron chi connectivity index (χ2n) is 5.20. The molecule has 3 nitrogen and oxygen atoms in total. The highest BCUT2D eigenvalue weighted by molar-refractivity contribution is 5.84. The summed E-state index contributed by atoms with van der Waals surface area (Å²) in [5.74, 6) is 0. The third-order valence-electron chi connectivity index (χ3n) is 4.09. The third-order valence-corrected chi connectivity index (χ3v) is 4.09. The van der Waals surface area contributed by atoms with Crippen molar-refractivity contribution >= 4 is 10.9 Å². The summed E-state index contributed by atoms with van der Waals surface area (Å²) in [5, 5.41) is 1.29. The van der Waals surface area contributed by atoms with E-state index in [9.17, 15) is 0 Å². The Kier molecular flexibility index (Phi) is 4.02. The van der Waals surface area contributed by atoms with Crippen molar-refractivity contribution in [2.24, 2.45) is 0 Å². The quantitative estimate of drug-likeness (QED) is 0.765. The number of para-hydroxylation sites is 1. The minimum atomic E-state index is 0.241. The van der Waals surface area contributed by atoms with E-state index in [4.69, 9.17) is 0 Å². The summed E-state index contributed by atoms with van der Waals surface area (Å²) < 4.78 is 0. The molecule has 1 aromatic carbocycles. The number of rotatable bonds is 5. The lowest BCUT2D eigenvalue weighted by atomic mass is 9.98. The molecule has 2 aromatic heterocycles.